The standard InChI is InChI=1S/C12H18O11/c13-1-3(15)9-8(19)10(11(20)22-9)23-12-7(18)6(17)5(16)4(2-14)21-12/h3-7,9,12-19H,1-2H2/t3?,4?,5-,6-,7?,9?,12-/m0/s1. The highest BCUT2D eigenvalue weighted by atomic mass is 16.7. The second-order valence-electron chi connectivity index (χ2n) is 5.11. The molecule has 0 aromatic rings. The molecule has 0 radical (unpaired) electrons. The number of hydrogen-bond donors (Lipinski definition) is 7. The lowest BCUT2D eigenvalue weighted by Gasteiger charge is -2.39. The molecular formula is C12H18O11. The number of cyclic esters (lactones) is 1. The van der Waals surface area contributed by atoms with E-state index < -0.39 is 73.6 Å². The average Bonchev–Trinajstić information content (AvgIpc) is 2.82. The van der Waals surface area contributed by atoms with E-state index in [1.807, 2.05) is 0 Å². The van der Waals surface area contributed by atoms with Crippen molar-refractivity contribution in [3.05, 3.63) is 11.5 Å². The van der Waals surface area contributed by atoms with Crippen LogP contribution in [0, 0.1) is 0 Å². The minimum Gasteiger partial charge on any atom is -0.505 e. The molecule has 23 heavy (non-hydrogen) atoms. The fourth-order valence-corrected chi connectivity index (χ4v) is 2.20. The third-order valence-electron chi connectivity index (χ3n) is 3.54. The van der Waals surface area contributed by atoms with E-state index in [0.717, 1.165) is 0 Å². The predicted octanol–water partition coefficient (Wildman–Crippen LogP) is -4.15. The van der Waals surface area contributed by atoms with Crippen molar-refractivity contribution < 1.29 is 54.8 Å². The van der Waals surface area contributed by atoms with Gasteiger partial charge in [0.15, 0.2) is 11.9 Å². The van der Waals surface area contributed by atoms with Gasteiger partial charge in [-0.05, 0) is 0 Å². The highest BCUT2D eigenvalue weighted by molar-refractivity contribution is 5.89. The Labute approximate surface area is 129 Å². The molecule has 0 aliphatic carbocycles. The van der Waals surface area contributed by atoms with Gasteiger partial charge in [0.1, 0.15) is 30.5 Å². The number of aliphatic hydroxyl groups is 7. The predicted molar refractivity (Wildman–Crippen MR) is 67.5 cm³/mol. The zero-order valence-corrected chi connectivity index (χ0v) is 11.7. The molecule has 11 heteroatoms. The minimum atomic E-state index is -1.79. The van der Waals surface area contributed by atoms with Crippen LogP contribution >= 0.6 is 0 Å². The van der Waals surface area contributed by atoms with E-state index in [-0.39, 0.29) is 0 Å². The molecule has 0 spiro atoms. The second-order valence-corrected chi connectivity index (χ2v) is 5.11. The lowest BCUT2D eigenvalue weighted by Crippen LogP contribution is -2.59. The number of carbonyl (C=O) groups is 1. The topological polar surface area (TPSA) is 186 Å². The summed E-state index contributed by atoms with van der Waals surface area (Å²) in [6.07, 6.45) is -11.2. The number of aliphatic hydroxyl groups excluding tert-OH is 7. The van der Waals surface area contributed by atoms with Crippen molar-refractivity contribution in [3.63, 3.8) is 0 Å². The van der Waals surface area contributed by atoms with Crippen LogP contribution in [0.2, 0.25) is 0 Å². The van der Waals surface area contributed by atoms with E-state index in [1.165, 1.54) is 0 Å². The fraction of sp³-hybridized carbons (Fsp3) is 0.750. The molecule has 0 saturated carbocycles. The molecule has 0 amide bonds. The normalized spacial score (nSPS) is 39.3. The molecule has 132 valence electrons. The first kappa shape index (κ1) is 17.9. The average molecular weight is 338 g/mol. The van der Waals surface area contributed by atoms with Crippen LogP contribution in [-0.4, -0.2) is 97.8 Å². The van der Waals surface area contributed by atoms with Crippen molar-refractivity contribution in [2.45, 2.75) is 42.9 Å². The molecule has 7 atom stereocenters. The Morgan fingerprint density at radius 1 is 1.13 bits per heavy atom. The lowest BCUT2D eigenvalue weighted by molar-refractivity contribution is -0.291. The zero-order chi connectivity index (χ0) is 17.3. The molecule has 2 heterocycles. The molecule has 2 aliphatic rings. The van der Waals surface area contributed by atoms with Crippen LogP contribution in [0.1, 0.15) is 0 Å². The van der Waals surface area contributed by atoms with Gasteiger partial charge in [0.05, 0.1) is 13.2 Å². The summed E-state index contributed by atoms with van der Waals surface area (Å²) in [5, 5.41) is 66.1. The van der Waals surface area contributed by atoms with Crippen LogP contribution in [0.4, 0.5) is 0 Å². The molecule has 2 rings (SSSR count). The molecule has 2 aliphatic heterocycles. The number of carbonyl (C=O) groups excluding carboxylic acids is 1. The van der Waals surface area contributed by atoms with Gasteiger partial charge < -0.3 is 50.0 Å². The number of ether oxygens (including phenoxy) is 3. The summed E-state index contributed by atoms with van der Waals surface area (Å²) >= 11 is 0. The molecule has 0 aromatic heterocycles. The summed E-state index contributed by atoms with van der Waals surface area (Å²) in [4.78, 5) is 11.6. The van der Waals surface area contributed by atoms with E-state index in [9.17, 15) is 30.3 Å². The van der Waals surface area contributed by atoms with Crippen LogP contribution in [0.5, 0.6) is 0 Å². The van der Waals surface area contributed by atoms with Crippen molar-refractivity contribution in [3.8, 4) is 0 Å². The molecular weight excluding hydrogens is 320 g/mol. The Hall–Kier alpha value is -1.47. The van der Waals surface area contributed by atoms with Crippen molar-refractivity contribution in [2.24, 2.45) is 0 Å². The van der Waals surface area contributed by atoms with Crippen molar-refractivity contribution in [1.82, 2.24) is 0 Å². The van der Waals surface area contributed by atoms with Crippen LogP contribution in [0.25, 0.3) is 0 Å². The first-order valence-corrected chi connectivity index (χ1v) is 6.72. The molecule has 1 fully saturated rings. The van der Waals surface area contributed by atoms with Gasteiger partial charge in [-0.15, -0.1) is 0 Å². The van der Waals surface area contributed by atoms with Crippen molar-refractivity contribution in [1.29, 1.82) is 0 Å². The van der Waals surface area contributed by atoms with E-state index in [4.69, 9.17) is 19.7 Å². The summed E-state index contributed by atoms with van der Waals surface area (Å²) in [6, 6.07) is 0. The number of hydrogen-bond acceptors (Lipinski definition) is 11. The molecule has 0 bridgehead atoms. The monoisotopic (exact) mass is 338 g/mol. The van der Waals surface area contributed by atoms with Gasteiger partial charge in [0.2, 0.25) is 12.0 Å². The van der Waals surface area contributed by atoms with Gasteiger partial charge in [-0.2, -0.15) is 0 Å². The Bertz CT molecular complexity index is 476. The van der Waals surface area contributed by atoms with E-state index in [0.29, 0.717) is 0 Å². The van der Waals surface area contributed by atoms with E-state index in [1.54, 1.807) is 0 Å². The summed E-state index contributed by atoms with van der Waals surface area (Å²) in [5.41, 5.74) is 0. The Morgan fingerprint density at radius 3 is 2.35 bits per heavy atom. The van der Waals surface area contributed by atoms with Gasteiger partial charge in [-0.25, -0.2) is 4.79 Å². The minimum absolute atomic E-state index is 0.702. The molecule has 11 nitrogen and oxygen atoms in total. The number of esters is 1. The molecule has 7 N–H and O–H groups in total. The van der Waals surface area contributed by atoms with Crippen molar-refractivity contribution in [2.75, 3.05) is 13.2 Å². The third kappa shape index (κ3) is 3.26. The molecule has 4 unspecified atom stereocenters. The zero-order valence-electron chi connectivity index (χ0n) is 11.7. The third-order valence-corrected chi connectivity index (χ3v) is 3.54. The maximum Gasteiger partial charge on any atom is 0.378 e. The van der Waals surface area contributed by atoms with Crippen LogP contribution in [-0.2, 0) is 19.0 Å². The highest BCUT2D eigenvalue weighted by Gasteiger charge is 2.48. The smallest absolute Gasteiger partial charge is 0.378 e. The molecule has 1 saturated heterocycles. The SMILES string of the molecule is O=C1OC(C(O)CO)C(O)=C1O[C@@H]1OC(CO)[C@H](O)[C@H](O)C1O. The number of rotatable bonds is 5. The summed E-state index contributed by atoms with van der Waals surface area (Å²) in [5.74, 6) is -2.79. The quantitative estimate of drug-likeness (QED) is 0.241. The summed E-state index contributed by atoms with van der Waals surface area (Å²) < 4.78 is 14.6. The summed E-state index contributed by atoms with van der Waals surface area (Å²) in [7, 11) is 0. The van der Waals surface area contributed by atoms with Crippen LogP contribution in [0.3, 0.4) is 0 Å². The van der Waals surface area contributed by atoms with Gasteiger partial charge in [-0.1, -0.05) is 0 Å². The van der Waals surface area contributed by atoms with E-state index >= 15 is 0 Å². The lowest BCUT2D eigenvalue weighted by atomic mass is 9.99. The second kappa shape index (κ2) is 6.97. The fourth-order valence-electron chi connectivity index (χ4n) is 2.20. The van der Waals surface area contributed by atoms with Crippen LogP contribution in [0.15, 0.2) is 11.5 Å². The highest BCUT2D eigenvalue weighted by Crippen LogP contribution is 2.29. The first-order chi connectivity index (χ1) is 10.8. The Balaban J connectivity index is 2.16. The van der Waals surface area contributed by atoms with E-state index in [2.05, 4.69) is 4.74 Å². The largest absolute Gasteiger partial charge is 0.505 e. The van der Waals surface area contributed by atoms with Gasteiger partial charge >= 0.3 is 5.97 Å². The van der Waals surface area contributed by atoms with Crippen LogP contribution < -0.4 is 0 Å². The Kier molecular flexibility index (Phi) is 5.41. The maximum atomic E-state index is 11.6. The van der Waals surface area contributed by atoms with Gasteiger partial charge in [0.25, 0.3) is 0 Å². The van der Waals surface area contributed by atoms with Crippen molar-refractivity contribution >= 4 is 5.97 Å². The summed E-state index contributed by atoms with van der Waals surface area (Å²) in [6.45, 7) is -1.50. The Morgan fingerprint density at radius 2 is 1.78 bits per heavy atom. The van der Waals surface area contributed by atoms with Gasteiger partial charge in [0, 0.05) is 0 Å². The van der Waals surface area contributed by atoms with Gasteiger partial charge in [-0.3, -0.25) is 0 Å². The maximum absolute atomic E-state index is 11.6. The first-order valence-electron chi connectivity index (χ1n) is 6.72. The molecule has 0 aromatic carbocycles.